The van der Waals surface area contributed by atoms with Gasteiger partial charge in [-0.2, -0.15) is 0 Å². The fraction of sp³-hybridized carbons (Fsp3) is 0.889. The maximum Gasteiger partial charge on any atom is 0.109 e. The molecule has 1 unspecified atom stereocenters. The van der Waals surface area contributed by atoms with Crippen molar-refractivity contribution in [3.05, 3.63) is 11.6 Å². The van der Waals surface area contributed by atoms with Crippen LogP contribution in [-0.4, -0.2) is 97.5 Å². The molecule has 0 radical (unpaired) electrons. The highest BCUT2D eigenvalue weighted by atomic mass is 16.5. The lowest BCUT2D eigenvalue weighted by molar-refractivity contribution is -0.0172. The highest BCUT2D eigenvalue weighted by Gasteiger charge is 2.06. The summed E-state index contributed by atoms with van der Waals surface area (Å²) in [7, 11) is 0. The monoisotopic (exact) mass is 374 g/mol. The van der Waals surface area contributed by atoms with Crippen LogP contribution in [0.5, 0.6) is 0 Å². The molecule has 1 atom stereocenters. The maximum atomic E-state index is 5.68. The van der Waals surface area contributed by atoms with Crippen LogP contribution in [0.15, 0.2) is 11.6 Å². The molecular weight excluding hydrogens is 340 g/mol. The fourth-order valence-corrected chi connectivity index (χ4v) is 2.59. The molecule has 3 aliphatic rings. The minimum absolute atomic E-state index is 0.445. The predicted molar refractivity (Wildman–Crippen MR) is 96.9 cm³/mol. The Hall–Kier alpha value is -0.580. The average molecular weight is 374 g/mol. The summed E-state index contributed by atoms with van der Waals surface area (Å²) in [6.45, 7) is 8.75. The molecule has 1 saturated heterocycles. The van der Waals surface area contributed by atoms with Crippen LogP contribution in [0.4, 0.5) is 0 Å². The topological polar surface area (TPSA) is 70.7 Å². The van der Waals surface area contributed by atoms with Crippen LogP contribution in [-0.2, 0) is 28.4 Å². The van der Waals surface area contributed by atoms with E-state index in [2.05, 4.69) is 16.5 Å². The molecule has 0 aromatic carbocycles. The van der Waals surface area contributed by atoms with Gasteiger partial charge in [-0.1, -0.05) is 11.6 Å². The molecule has 2 bridgehead atoms. The summed E-state index contributed by atoms with van der Waals surface area (Å²) in [5, 5.41) is 2.06. The van der Waals surface area contributed by atoms with Gasteiger partial charge in [0, 0.05) is 13.1 Å². The van der Waals surface area contributed by atoms with Gasteiger partial charge in [0.2, 0.25) is 0 Å². The third-order valence-electron chi connectivity index (χ3n) is 4.14. The van der Waals surface area contributed by atoms with E-state index in [0.717, 1.165) is 25.9 Å². The van der Waals surface area contributed by atoms with Gasteiger partial charge in [0.15, 0.2) is 0 Å². The number of hydrogen-bond donors (Lipinski definition) is 1. The third kappa shape index (κ3) is 11.2. The van der Waals surface area contributed by atoms with E-state index in [1.54, 1.807) is 0 Å². The first-order valence-corrected chi connectivity index (χ1v) is 9.58. The molecule has 3 aliphatic heterocycles. The van der Waals surface area contributed by atoms with Gasteiger partial charge in [-0.05, 0) is 12.8 Å². The Morgan fingerprint density at radius 3 is 1.81 bits per heavy atom. The van der Waals surface area contributed by atoms with Gasteiger partial charge in [-0.25, -0.2) is 10.4 Å². The average Bonchev–Trinajstić information content (AvgIpc) is 2.65. The van der Waals surface area contributed by atoms with E-state index in [4.69, 9.17) is 28.4 Å². The van der Waals surface area contributed by atoms with Crippen molar-refractivity contribution in [2.45, 2.75) is 12.8 Å². The van der Waals surface area contributed by atoms with Crippen LogP contribution in [0.25, 0.3) is 0 Å². The van der Waals surface area contributed by atoms with Crippen molar-refractivity contribution in [1.29, 1.82) is 0 Å². The second kappa shape index (κ2) is 15.5. The first kappa shape index (κ1) is 21.7. The molecule has 8 heteroatoms. The summed E-state index contributed by atoms with van der Waals surface area (Å²) in [6.07, 6.45) is 3.90. The molecule has 0 aromatic rings. The first-order valence-electron chi connectivity index (χ1n) is 9.58. The molecule has 1 fully saturated rings. The quantitative estimate of drug-likeness (QED) is 0.618. The van der Waals surface area contributed by atoms with Crippen molar-refractivity contribution in [1.82, 2.24) is 10.4 Å². The molecule has 0 saturated carbocycles. The Morgan fingerprint density at radius 2 is 1.15 bits per heavy atom. The van der Waals surface area contributed by atoms with Crippen LogP contribution in [0.1, 0.15) is 12.8 Å². The van der Waals surface area contributed by atoms with Gasteiger partial charge in [-0.15, -0.1) is 0 Å². The van der Waals surface area contributed by atoms with Crippen molar-refractivity contribution in [2.24, 2.45) is 0 Å². The van der Waals surface area contributed by atoms with Crippen molar-refractivity contribution in [3.63, 3.8) is 0 Å². The van der Waals surface area contributed by atoms with Gasteiger partial charge in [-0.3, -0.25) is 0 Å². The van der Waals surface area contributed by atoms with Gasteiger partial charge >= 0.3 is 0 Å². The minimum atomic E-state index is 0.445. The number of nitrogens with one attached hydrogen (secondary N) is 1. The van der Waals surface area contributed by atoms with Crippen LogP contribution in [0, 0.1) is 0 Å². The summed E-state index contributed by atoms with van der Waals surface area (Å²) in [6, 6.07) is 0. The number of fused-ring (bicyclic) bond motifs is 21. The molecule has 26 heavy (non-hydrogen) atoms. The molecule has 0 amide bonds. The molecule has 0 aromatic heterocycles. The number of hydrogen-bond acceptors (Lipinski definition) is 8. The lowest BCUT2D eigenvalue weighted by Crippen LogP contribution is -2.43. The molecule has 152 valence electrons. The van der Waals surface area contributed by atoms with Crippen molar-refractivity contribution >= 4 is 0 Å². The normalized spacial score (nSPS) is 29.4. The van der Waals surface area contributed by atoms with E-state index >= 15 is 0 Å². The molecule has 1 N–H and O–H groups in total. The van der Waals surface area contributed by atoms with Crippen LogP contribution in [0.2, 0.25) is 0 Å². The van der Waals surface area contributed by atoms with E-state index < -0.39 is 0 Å². The molecular formula is C18H34N2O6. The maximum absolute atomic E-state index is 5.68. The second-order valence-corrected chi connectivity index (χ2v) is 6.08. The lowest BCUT2D eigenvalue weighted by Gasteiger charge is -2.23. The van der Waals surface area contributed by atoms with Gasteiger partial charge in [0.1, 0.15) is 6.73 Å². The zero-order chi connectivity index (χ0) is 18.1. The van der Waals surface area contributed by atoms with Crippen LogP contribution in [0.3, 0.4) is 0 Å². The van der Waals surface area contributed by atoms with Gasteiger partial charge < -0.3 is 28.4 Å². The Bertz CT molecular complexity index is 348. The lowest BCUT2D eigenvalue weighted by atomic mass is 10.1. The van der Waals surface area contributed by atoms with Crippen molar-refractivity contribution < 1.29 is 28.4 Å². The van der Waals surface area contributed by atoms with Crippen molar-refractivity contribution in [2.75, 3.05) is 92.5 Å². The Morgan fingerprint density at radius 1 is 0.615 bits per heavy atom. The summed E-state index contributed by atoms with van der Waals surface area (Å²) < 4.78 is 33.9. The Balaban J connectivity index is 1.91. The number of nitrogens with zero attached hydrogens (tertiary/aromatic N) is 1. The van der Waals surface area contributed by atoms with Gasteiger partial charge in [0.25, 0.3) is 0 Å². The standard InChI is InChI=1S/C18H34N2O6/c1-6-21-11-13-24-9-4-20-5-10-25-14-12-22-7-2-18(1)3-8-23-15-16-26-17-19-20/h1,19H,2-17H2/b18-1+. The molecule has 3 heterocycles. The fourth-order valence-electron chi connectivity index (χ4n) is 2.59. The molecule has 0 aliphatic carbocycles. The van der Waals surface area contributed by atoms with Crippen molar-refractivity contribution in [3.8, 4) is 0 Å². The predicted octanol–water partition coefficient (Wildman–Crippen LogP) is 0.584. The molecule has 0 spiro atoms. The zero-order valence-corrected chi connectivity index (χ0v) is 15.8. The van der Waals surface area contributed by atoms with E-state index in [1.807, 2.05) is 0 Å². The number of rotatable bonds is 0. The minimum Gasteiger partial charge on any atom is -0.379 e. The number of ether oxygens (including phenoxy) is 6. The summed E-state index contributed by atoms with van der Waals surface area (Å²) in [4.78, 5) is 0. The Labute approximate surface area is 156 Å². The largest absolute Gasteiger partial charge is 0.379 e. The van der Waals surface area contributed by atoms with E-state index in [-0.39, 0.29) is 0 Å². The third-order valence-corrected chi connectivity index (χ3v) is 4.14. The van der Waals surface area contributed by atoms with Crippen LogP contribution < -0.4 is 5.43 Å². The highest BCUT2D eigenvalue weighted by molar-refractivity contribution is 5.02. The molecule has 3 rings (SSSR count). The molecule has 8 nitrogen and oxygen atoms in total. The zero-order valence-electron chi connectivity index (χ0n) is 15.8. The van der Waals surface area contributed by atoms with E-state index in [0.29, 0.717) is 79.4 Å². The first-order chi connectivity index (χ1) is 12.9. The summed E-state index contributed by atoms with van der Waals surface area (Å²) in [5.74, 6) is 0. The highest BCUT2D eigenvalue weighted by Crippen LogP contribution is 2.08. The number of hydrazine groups is 1. The summed E-state index contributed by atoms with van der Waals surface area (Å²) in [5.41, 5.74) is 4.56. The van der Waals surface area contributed by atoms with Crippen LogP contribution >= 0.6 is 0 Å². The van der Waals surface area contributed by atoms with Gasteiger partial charge in [0.05, 0.1) is 72.7 Å². The second-order valence-electron chi connectivity index (χ2n) is 6.08. The smallest absolute Gasteiger partial charge is 0.109 e. The Kier molecular flexibility index (Phi) is 12.9. The van der Waals surface area contributed by atoms with E-state index in [1.165, 1.54) is 5.57 Å². The SMILES string of the molecule is C1=C2\CCOCCOCCN(CCOCCOC/1)NCOCCOCC2. The summed E-state index contributed by atoms with van der Waals surface area (Å²) >= 11 is 0. The van der Waals surface area contributed by atoms with E-state index in [9.17, 15) is 0 Å².